The van der Waals surface area contributed by atoms with Crippen LogP contribution in [0.5, 0.6) is 0 Å². The van der Waals surface area contributed by atoms with Crippen LogP contribution in [0.25, 0.3) is 0 Å². The van der Waals surface area contributed by atoms with Crippen LogP contribution in [0.3, 0.4) is 0 Å². The first kappa shape index (κ1) is 13.5. The molecule has 100 valence electrons. The SMILES string of the molecule is CNC(=O)c1cccc(CNc2ccc(C#N)nn2)c1. The van der Waals surface area contributed by atoms with Gasteiger partial charge in [0.05, 0.1) is 0 Å². The van der Waals surface area contributed by atoms with Crippen molar-refractivity contribution in [1.29, 1.82) is 5.26 Å². The van der Waals surface area contributed by atoms with Crippen LogP contribution in [0.4, 0.5) is 5.82 Å². The summed E-state index contributed by atoms with van der Waals surface area (Å²) in [6.07, 6.45) is 0. The van der Waals surface area contributed by atoms with Crippen molar-refractivity contribution >= 4 is 11.7 Å². The number of amides is 1. The van der Waals surface area contributed by atoms with Crippen molar-refractivity contribution < 1.29 is 4.79 Å². The van der Waals surface area contributed by atoms with E-state index in [1.165, 1.54) is 0 Å². The van der Waals surface area contributed by atoms with E-state index in [1.54, 1.807) is 25.2 Å². The van der Waals surface area contributed by atoms with Crippen LogP contribution >= 0.6 is 0 Å². The quantitative estimate of drug-likeness (QED) is 0.871. The monoisotopic (exact) mass is 267 g/mol. The molecule has 1 heterocycles. The average molecular weight is 267 g/mol. The molecule has 0 unspecified atom stereocenters. The number of nitriles is 1. The Balaban J connectivity index is 2.03. The Labute approximate surface area is 116 Å². The fourth-order valence-corrected chi connectivity index (χ4v) is 1.65. The van der Waals surface area contributed by atoms with Gasteiger partial charge >= 0.3 is 0 Å². The summed E-state index contributed by atoms with van der Waals surface area (Å²) in [5, 5.41) is 21.9. The number of anilines is 1. The maximum Gasteiger partial charge on any atom is 0.251 e. The molecule has 20 heavy (non-hydrogen) atoms. The summed E-state index contributed by atoms with van der Waals surface area (Å²) in [6, 6.07) is 12.5. The number of aromatic nitrogens is 2. The number of nitrogens with zero attached hydrogens (tertiary/aromatic N) is 3. The first-order chi connectivity index (χ1) is 9.72. The summed E-state index contributed by atoms with van der Waals surface area (Å²) in [5.41, 5.74) is 1.84. The Morgan fingerprint density at radius 3 is 2.80 bits per heavy atom. The van der Waals surface area contributed by atoms with Crippen molar-refractivity contribution in [3.63, 3.8) is 0 Å². The maximum atomic E-state index is 11.5. The molecule has 0 fully saturated rings. The van der Waals surface area contributed by atoms with E-state index in [0.29, 0.717) is 17.9 Å². The molecule has 0 radical (unpaired) electrons. The summed E-state index contributed by atoms with van der Waals surface area (Å²) in [7, 11) is 1.60. The van der Waals surface area contributed by atoms with Crippen molar-refractivity contribution in [2.24, 2.45) is 0 Å². The topological polar surface area (TPSA) is 90.7 Å². The minimum absolute atomic E-state index is 0.120. The number of rotatable bonds is 4. The van der Waals surface area contributed by atoms with Gasteiger partial charge in [-0.3, -0.25) is 4.79 Å². The van der Waals surface area contributed by atoms with E-state index in [9.17, 15) is 4.79 Å². The van der Waals surface area contributed by atoms with E-state index in [0.717, 1.165) is 5.56 Å². The highest BCUT2D eigenvalue weighted by molar-refractivity contribution is 5.94. The van der Waals surface area contributed by atoms with E-state index < -0.39 is 0 Å². The zero-order chi connectivity index (χ0) is 14.4. The first-order valence-corrected chi connectivity index (χ1v) is 6.01. The Kier molecular flexibility index (Phi) is 4.24. The zero-order valence-corrected chi connectivity index (χ0v) is 10.9. The molecular formula is C14H13N5O. The van der Waals surface area contributed by atoms with Crippen LogP contribution in [-0.2, 0) is 6.54 Å². The van der Waals surface area contributed by atoms with Crippen molar-refractivity contribution in [2.75, 3.05) is 12.4 Å². The van der Waals surface area contributed by atoms with E-state index in [-0.39, 0.29) is 11.6 Å². The molecular weight excluding hydrogens is 254 g/mol. The number of carbonyl (C=O) groups is 1. The predicted molar refractivity (Wildman–Crippen MR) is 73.9 cm³/mol. The van der Waals surface area contributed by atoms with Gasteiger partial charge in [0.15, 0.2) is 5.69 Å². The molecule has 0 bridgehead atoms. The van der Waals surface area contributed by atoms with E-state index in [2.05, 4.69) is 20.8 Å². The summed E-state index contributed by atoms with van der Waals surface area (Å²) < 4.78 is 0. The van der Waals surface area contributed by atoms with Crippen LogP contribution in [0.2, 0.25) is 0 Å². The largest absolute Gasteiger partial charge is 0.365 e. The van der Waals surface area contributed by atoms with Crippen LogP contribution in [0.1, 0.15) is 21.6 Å². The molecule has 0 spiro atoms. The second-order valence-electron chi connectivity index (χ2n) is 4.05. The normalized spacial score (nSPS) is 9.60. The van der Waals surface area contributed by atoms with Gasteiger partial charge in [0.1, 0.15) is 11.9 Å². The molecule has 2 rings (SSSR count). The Morgan fingerprint density at radius 1 is 1.30 bits per heavy atom. The van der Waals surface area contributed by atoms with E-state index >= 15 is 0 Å². The summed E-state index contributed by atoms with van der Waals surface area (Å²) in [5.74, 6) is 0.458. The van der Waals surface area contributed by atoms with Gasteiger partial charge in [0, 0.05) is 19.2 Å². The van der Waals surface area contributed by atoms with Crippen LogP contribution in [-0.4, -0.2) is 23.2 Å². The van der Waals surface area contributed by atoms with Crippen molar-refractivity contribution in [3.05, 3.63) is 53.2 Å². The molecule has 0 aliphatic heterocycles. The lowest BCUT2D eigenvalue weighted by Gasteiger charge is -2.06. The third-order valence-corrected chi connectivity index (χ3v) is 2.67. The molecule has 0 aliphatic carbocycles. The number of nitrogens with one attached hydrogen (secondary N) is 2. The minimum atomic E-state index is -0.120. The fourth-order valence-electron chi connectivity index (χ4n) is 1.65. The summed E-state index contributed by atoms with van der Waals surface area (Å²) >= 11 is 0. The second-order valence-corrected chi connectivity index (χ2v) is 4.05. The third kappa shape index (κ3) is 3.29. The highest BCUT2D eigenvalue weighted by Gasteiger charge is 2.04. The molecule has 0 aliphatic rings. The smallest absolute Gasteiger partial charge is 0.251 e. The summed E-state index contributed by atoms with van der Waals surface area (Å²) in [6.45, 7) is 0.519. The Hall–Kier alpha value is -2.94. The van der Waals surface area contributed by atoms with Crippen LogP contribution in [0.15, 0.2) is 36.4 Å². The average Bonchev–Trinajstić information content (AvgIpc) is 2.53. The lowest BCUT2D eigenvalue weighted by Crippen LogP contribution is -2.18. The number of carbonyl (C=O) groups excluding carboxylic acids is 1. The molecule has 1 aromatic heterocycles. The fraction of sp³-hybridized carbons (Fsp3) is 0.143. The van der Waals surface area contributed by atoms with Crippen molar-refractivity contribution in [3.8, 4) is 6.07 Å². The van der Waals surface area contributed by atoms with Gasteiger partial charge in [-0.1, -0.05) is 12.1 Å². The molecule has 0 saturated carbocycles. The Bertz CT molecular complexity index is 645. The lowest BCUT2D eigenvalue weighted by atomic mass is 10.1. The summed E-state index contributed by atoms with van der Waals surface area (Å²) in [4.78, 5) is 11.5. The lowest BCUT2D eigenvalue weighted by molar-refractivity contribution is 0.0963. The van der Waals surface area contributed by atoms with E-state index in [4.69, 9.17) is 5.26 Å². The van der Waals surface area contributed by atoms with Gasteiger partial charge < -0.3 is 10.6 Å². The van der Waals surface area contributed by atoms with Gasteiger partial charge in [0.2, 0.25) is 0 Å². The standard InChI is InChI=1S/C14H13N5O/c1-16-14(20)11-4-2-3-10(7-11)9-17-13-6-5-12(8-15)18-19-13/h2-7H,9H2,1H3,(H,16,20)(H,17,19). The third-order valence-electron chi connectivity index (χ3n) is 2.67. The van der Waals surface area contributed by atoms with Gasteiger partial charge in [0.25, 0.3) is 5.91 Å². The molecule has 0 saturated heterocycles. The molecule has 1 aromatic carbocycles. The van der Waals surface area contributed by atoms with Crippen LogP contribution < -0.4 is 10.6 Å². The molecule has 0 atom stereocenters. The Morgan fingerprint density at radius 2 is 2.15 bits per heavy atom. The van der Waals surface area contributed by atoms with Crippen molar-refractivity contribution in [2.45, 2.75) is 6.54 Å². The molecule has 2 aromatic rings. The van der Waals surface area contributed by atoms with Crippen molar-refractivity contribution in [1.82, 2.24) is 15.5 Å². The molecule has 6 heteroatoms. The van der Waals surface area contributed by atoms with Crippen LogP contribution in [0, 0.1) is 11.3 Å². The second kappa shape index (κ2) is 6.29. The van der Waals surface area contributed by atoms with Gasteiger partial charge in [-0.25, -0.2) is 0 Å². The van der Waals surface area contributed by atoms with E-state index in [1.807, 2.05) is 24.3 Å². The highest BCUT2D eigenvalue weighted by Crippen LogP contribution is 2.08. The van der Waals surface area contributed by atoms with Gasteiger partial charge in [-0.05, 0) is 29.8 Å². The number of hydrogen-bond donors (Lipinski definition) is 2. The zero-order valence-electron chi connectivity index (χ0n) is 10.9. The molecule has 6 nitrogen and oxygen atoms in total. The highest BCUT2D eigenvalue weighted by atomic mass is 16.1. The number of hydrogen-bond acceptors (Lipinski definition) is 5. The first-order valence-electron chi connectivity index (χ1n) is 6.01. The van der Waals surface area contributed by atoms with Gasteiger partial charge in [-0.2, -0.15) is 5.26 Å². The van der Waals surface area contributed by atoms with Gasteiger partial charge in [-0.15, -0.1) is 10.2 Å². The maximum absolute atomic E-state index is 11.5. The molecule has 2 N–H and O–H groups in total. The minimum Gasteiger partial charge on any atom is -0.365 e. The predicted octanol–water partition coefficient (Wildman–Crippen LogP) is 1.32. The molecule has 1 amide bonds. The number of benzene rings is 1.